The molecule has 4 heteroatoms. The molecule has 0 saturated heterocycles. The number of hydrogen-bond donors (Lipinski definition) is 0. The topological polar surface area (TPSA) is 27.7 Å². The van der Waals surface area contributed by atoms with Crippen LogP contribution in [0.5, 0.6) is 0 Å². The molecule has 0 aromatic heterocycles. The normalized spacial score (nSPS) is 13.9. The third kappa shape index (κ3) is 7.19. The Kier molecular flexibility index (Phi) is 10.1. The van der Waals surface area contributed by atoms with Gasteiger partial charge in [-0.05, 0) is 27.2 Å². The minimum atomic E-state index is -2.39. The molecular formula is C13H30O3Si. The summed E-state index contributed by atoms with van der Waals surface area (Å²) in [6, 6.07) is 0.854. The molecule has 17 heavy (non-hydrogen) atoms. The van der Waals surface area contributed by atoms with E-state index in [1.54, 1.807) is 0 Å². The number of unbranched alkanes of at least 4 members (excludes halogenated alkanes) is 2. The summed E-state index contributed by atoms with van der Waals surface area (Å²) in [7, 11) is -2.39. The molecule has 0 aliphatic rings. The van der Waals surface area contributed by atoms with Gasteiger partial charge < -0.3 is 13.3 Å². The first-order valence-electron chi connectivity index (χ1n) is 7.09. The van der Waals surface area contributed by atoms with Crippen molar-refractivity contribution >= 4 is 8.80 Å². The summed E-state index contributed by atoms with van der Waals surface area (Å²) in [5.74, 6) is 0. The molecule has 1 atom stereocenters. The summed E-state index contributed by atoms with van der Waals surface area (Å²) in [6.45, 7) is 11.8. The molecule has 0 spiro atoms. The van der Waals surface area contributed by atoms with E-state index in [0.29, 0.717) is 13.2 Å². The molecule has 0 aliphatic heterocycles. The minimum absolute atomic E-state index is 0.242. The second kappa shape index (κ2) is 10.1. The van der Waals surface area contributed by atoms with Crippen LogP contribution >= 0.6 is 0 Å². The lowest BCUT2D eigenvalue weighted by Crippen LogP contribution is -2.47. The van der Waals surface area contributed by atoms with Crippen LogP contribution in [-0.2, 0) is 13.3 Å². The summed E-state index contributed by atoms with van der Waals surface area (Å²) in [5.41, 5.74) is 0. The van der Waals surface area contributed by atoms with Crippen molar-refractivity contribution in [2.24, 2.45) is 0 Å². The second-order valence-electron chi connectivity index (χ2n) is 4.33. The average molecular weight is 262 g/mol. The van der Waals surface area contributed by atoms with Gasteiger partial charge in [0.1, 0.15) is 0 Å². The third-order valence-corrected chi connectivity index (χ3v) is 5.84. The van der Waals surface area contributed by atoms with Crippen LogP contribution in [0.25, 0.3) is 0 Å². The highest BCUT2D eigenvalue weighted by atomic mass is 28.4. The fourth-order valence-electron chi connectivity index (χ4n) is 1.88. The van der Waals surface area contributed by atoms with Gasteiger partial charge in [-0.1, -0.05) is 33.1 Å². The molecule has 0 heterocycles. The van der Waals surface area contributed by atoms with Crippen molar-refractivity contribution in [2.45, 2.75) is 72.5 Å². The number of hydrogen-bond acceptors (Lipinski definition) is 3. The van der Waals surface area contributed by atoms with E-state index in [-0.39, 0.29) is 6.10 Å². The van der Waals surface area contributed by atoms with Gasteiger partial charge in [0.25, 0.3) is 0 Å². The fourth-order valence-corrected chi connectivity index (χ4v) is 4.29. The Morgan fingerprint density at radius 1 is 0.941 bits per heavy atom. The maximum absolute atomic E-state index is 6.11. The fraction of sp³-hybridized carbons (Fsp3) is 1.00. The van der Waals surface area contributed by atoms with Gasteiger partial charge in [0.2, 0.25) is 0 Å². The van der Waals surface area contributed by atoms with Crippen LogP contribution in [0.2, 0.25) is 6.04 Å². The van der Waals surface area contributed by atoms with Crippen molar-refractivity contribution in [2.75, 3.05) is 13.2 Å². The van der Waals surface area contributed by atoms with Crippen LogP contribution in [-0.4, -0.2) is 28.1 Å². The van der Waals surface area contributed by atoms with Gasteiger partial charge in [-0.25, -0.2) is 0 Å². The zero-order valence-electron chi connectivity index (χ0n) is 12.3. The highest BCUT2D eigenvalue weighted by Gasteiger charge is 2.39. The van der Waals surface area contributed by atoms with Crippen LogP contribution in [0.15, 0.2) is 0 Å². The Morgan fingerprint density at radius 2 is 1.53 bits per heavy atom. The van der Waals surface area contributed by atoms with Crippen molar-refractivity contribution in [1.82, 2.24) is 0 Å². The Labute approximate surface area is 108 Å². The van der Waals surface area contributed by atoms with Gasteiger partial charge in [0.15, 0.2) is 0 Å². The zero-order valence-corrected chi connectivity index (χ0v) is 13.3. The van der Waals surface area contributed by atoms with E-state index in [0.717, 1.165) is 12.5 Å². The molecule has 0 amide bonds. The zero-order chi connectivity index (χ0) is 13.1. The molecule has 1 unspecified atom stereocenters. The highest BCUT2D eigenvalue weighted by Crippen LogP contribution is 2.20. The molecule has 0 bridgehead atoms. The molecule has 0 radical (unpaired) electrons. The second-order valence-corrected chi connectivity index (χ2v) is 7.21. The number of rotatable bonds is 11. The standard InChI is InChI=1S/C13H30O3Si/c1-6-10-11-12-13(5)16-17(9-4,14-7-2)15-8-3/h13H,6-12H2,1-5H3. The van der Waals surface area contributed by atoms with Gasteiger partial charge in [0, 0.05) is 25.4 Å². The van der Waals surface area contributed by atoms with Crippen molar-refractivity contribution in [1.29, 1.82) is 0 Å². The summed E-state index contributed by atoms with van der Waals surface area (Å²) >= 11 is 0. The molecule has 3 nitrogen and oxygen atoms in total. The smallest absolute Gasteiger partial charge is 0.374 e. The lowest BCUT2D eigenvalue weighted by atomic mass is 10.1. The SMILES string of the molecule is CCCCCC(C)O[Si](CC)(OCC)OCC. The quantitative estimate of drug-likeness (QED) is 0.416. The van der Waals surface area contributed by atoms with Gasteiger partial charge in [0.05, 0.1) is 0 Å². The molecule has 0 aromatic carbocycles. The van der Waals surface area contributed by atoms with E-state index in [1.807, 2.05) is 13.8 Å². The van der Waals surface area contributed by atoms with E-state index in [2.05, 4.69) is 20.8 Å². The first-order chi connectivity index (χ1) is 8.14. The van der Waals surface area contributed by atoms with Crippen molar-refractivity contribution in [3.05, 3.63) is 0 Å². The van der Waals surface area contributed by atoms with Crippen molar-refractivity contribution < 1.29 is 13.3 Å². The van der Waals surface area contributed by atoms with Crippen LogP contribution in [0.3, 0.4) is 0 Å². The molecule has 0 fully saturated rings. The van der Waals surface area contributed by atoms with Crippen molar-refractivity contribution in [3.8, 4) is 0 Å². The maximum atomic E-state index is 6.11. The summed E-state index contributed by atoms with van der Waals surface area (Å²) in [6.07, 6.45) is 5.09. The van der Waals surface area contributed by atoms with E-state index in [9.17, 15) is 0 Å². The molecule has 0 aliphatic carbocycles. The van der Waals surface area contributed by atoms with Crippen LogP contribution in [0.1, 0.15) is 60.3 Å². The molecule has 0 aromatic rings. The highest BCUT2D eigenvalue weighted by molar-refractivity contribution is 6.60. The summed E-state index contributed by atoms with van der Waals surface area (Å²) in [4.78, 5) is 0. The molecule has 0 saturated carbocycles. The Balaban J connectivity index is 4.19. The van der Waals surface area contributed by atoms with E-state index >= 15 is 0 Å². The summed E-state index contributed by atoms with van der Waals surface area (Å²) < 4.78 is 17.7. The third-order valence-electron chi connectivity index (χ3n) is 2.76. The molecule has 0 rings (SSSR count). The van der Waals surface area contributed by atoms with Crippen LogP contribution in [0, 0.1) is 0 Å². The van der Waals surface area contributed by atoms with E-state index < -0.39 is 8.80 Å². The van der Waals surface area contributed by atoms with E-state index in [4.69, 9.17) is 13.3 Å². The Hall–Kier alpha value is 0.0969. The van der Waals surface area contributed by atoms with Gasteiger partial charge in [-0.15, -0.1) is 0 Å². The first kappa shape index (κ1) is 17.1. The summed E-state index contributed by atoms with van der Waals surface area (Å²) in [5, 5.41) is 0. The maximum Gasteiger partial charge on any atom is 0.500 e. The van der Waals surface area contributed by atoms with Gasteiger partial charge in [-0.3, -0.25) is 0 Å². The largest absolute Gasteiger partial charge is 0.500 e. The lowest BCUT2D eigenvalue weighted by Gasteiger charge is -2.30. The van der Waals surface area contributed by atoms with Crippen molar-refractivity contribution in [3.63, 3.8) is 0 Å². The molecule has 104 valence electrons. The van der Waals surface area contributed by atoms with Gasteiger partial charge >= 0.3 is 8.80 Å². The molecular weight excluding hydrogens is 232 g/mol. The predicted octanol–water partition coefficient (Wildman–Crippen LogP) is 4.00. The molecule has 0 N–H and O–H groups in total. The van der Waals surface area contributed by atoms with Gasteiger partial charge in [-0.2, -0.15) is 0 Å². The lowest BCUT2D eigenvalue weighted by molar-refractivity contribution is 0.0358. The van der Waals surface area contributed by atoms with Crippen LogP contribution in [0.4, 0.5) is 0 Å². The average Bonchev–Trinajstić information content (AvgIpc) is 2.30. The van der Waals surface area contributed by atoms with E-state index in [1.165, 1.54) is 19.3 Å². The van der Waals surface area contributed by atoms with Crippen LogP contribution < -0.4 is 0 Å². The Morgan fingerprint density at radius 3 is 1.94 bits per heavy atom. The monoisotopic (exact) mass is 262 g/mol. The predicted molar refractivity (Wildman–Crippen MR) is 74.2 cm³/mol. The first-order valence-corrected chi connectivity index (χ1v) is 9.02. The Bertz CT molecular complexity index is 170. The minimum Gasteiger partial charge on any atom is -0.374 e.